The van der Waals surface area contributed by atoms with Crippen LogP contribution in [0.3, 0.4) is 0 Å². The highest BCUT2D eigenvalue weighted by atomic mass is 16.7. The SMILES string of the molecule is COC1OC(COC2OC(CO)C(O)C(OC3OC(CO)C(O)C(O)C3O)C2O)C(O)C(O)C1O. The predicted molar refractivity (Wildman–Crippen MR) is 106 cm³/mol. The second-order valence-electron chi connectivity index (χ2n) is 8.59. The third-order valence-electron chi connectivity index (χ3n) is 6.29. The second-order valence-corrected chi connectivity index (χ2v) is 8.59. The standard InChI is InChI=1S/C19H34O16/c1-30-17-13(27)12(26)9(23)7(34-17)4-31-18-15(29)16(10(24)6(3-21)32-18)35-19-14(28)11(25)8(22)5(2-20)33-19/h5-29H,2-4H2,1H3. The quantitative estimate of drug-likeness (QED) is 0.143. The zero-order valence-electron chi connectivity index (χ0n) is 18.7. The van der Waals surface area contributed by atoms with E-state index in [1.54, 1.807) is 0 Å². The van der Waals surface area contributed by atoms with Crippen molar-refractivity contribution in [2.75, 3.05) is 26.9 Å². The lowest BCUT2D eigenvalue weighted by molar-refractivity contribution is -0.365. The van der Waals surface area contributed by atoms with Gasteiger partial charge in [-0.2, -0.15) is 0 Å². The lowest BCUT2D eigenvalue weighted by Crippen LogP contribution is -2.65. The lowest BCUT2D eigenvalue weighted by atomic mass is 9.97. The molecular formula is C19H34O16. The maximum atomic E-state index is 10.7. The lowest BCUT2D eigenvalue weighted by Gasteiger charge is -2.46. The summed E-state index contributed by atoms with van der Waals surface area (Å²) >= 11 is 0. The minimum absolute atomic E-state index is 0.506. The predicted octanol–water partition coefficient (Wildman–Crippen LogP) is -6.92. The first kappa shape index (κ1) is 28.9. The average Bonchev–Trinajstić information content (AvgIpc) is 2.85. The molecule has 3 fully saturated rings. The number of aliphatic hydroxyl groups excluding tert-OH is 10. The summed E-state index contributed by atoms with van der Waals surface area (Å²) in [5, 5.41) is 100. The smallest absolute Gasteiger partial charge is 0.187 e. The van der Waals surface area contributed by atoms with Crippen molar-refractivity contribution in [1.29, 1.82) is 0 Å². The topological polar surface area (TPSA) is 258 Å². The third-order valence-corrected chi connectivity index (χ3v) is 6.29. The van der Waals surface area contributed by atoms with Gasteiger partial charge in [0.15, 0.2) is 18.9 Å². The molecular weight excluding hydrogens is 484 g/mol. The normalized spacial score (nSPS) is 51.3. The molecule has 0 aliphatic carbocycles. The minimum atomic E-state index is -1.83. The molecule has 16 nitrogen and oxygen atoms in total. The Kier molecular flexibility index (Phi) is 10.1. The van der Waals surface area contributed by atoms with Gasteiger partial charge in [-0.3, -0.25) is 0 Å². The van der Waals surface area contributed by atoms with Crippen molar-refractivity contribution in [3.63, 3.8) is 0 Å². The van der Waals surface area contributed by atoms with E-state index in [4.69, 9.17) is 28.4 Å². The van der Waals surface area contributed by atoms with E-state index in [0.717, 1.165) is 0 Å². The highest BCUT2D eigenvalue weighted by Crippen LogP contribution is 2.30. The fourth-order valence-electron chi connectivity index (χ4n) is 4.13. The van der Waals surface area contributed by atoms with Crippen LogP contribution in [0.15, 0.2) is 0 Å². The Labute approximate surface area is 199 Å². The first-order valence-corrected chi connectivity index (χ1v) is 11.0. The van der Waals surface area contributed by atoms with Gasteiger partial charge >= 0.3 is 0 Å². The van der Waals surface area contributed by atoms with Crippen LogP contribution in [0.5, 0.6) is 0 Å². The summed E-state index contributed by atoms with van der Waals surface area (Å²) in [6.45, 7) is -1.99. The highest BCUT2D eigenvalue weighted by molar-refractivity contribution is 4.95. The molecule has 15 unspecified atom stereocenters. The van der Waals surface area contributed by atoms with Crippen LogP contribution >= 0.6 is 0 Å². The van der Waals surface area contributed by atoms with E-state index < -0.39 is 112 Å². The average molecular weight is 518 g/mol. The molecule has 3 saturated heterocycles. The van der Waals surface area contributed by atoms with E-state index in [0.29, 0.717) is 0 Å². The van der Waals surface area contributed by atoms with Crippen molar-refractivity contribution in [3.8, 4) is 0 Å². The maximum Gasteiger partial charge on any atom is 0.187 e. The van der Waals surface area contributed by atoms with Crippen molar-refractivity contribution in [2.24, 2.45) is 0 Å². The summed E-state index contributed by atoms with van der Waals surface area (Å²) in [7, 11) is 1.21. The van der Waals surface area contributed by atoms with Crippen LogP contribution in [0, 0.1) is 0 Å². The molecule has 0 radical (unpaired) electrons. The van der Waals surface area contributed by atoms with Gasteiger partial charge in [-0.1, -0.05) is 0 Å². The Morgan fingerprint density at radius 3 is 1.60 bits per heavy atom. The Hall–Kier alpha value is -0.640. The van der Waals surface area contributed by atoms with Crippen molar-refractivity contribution in [1.82, 2.24) is 0 Å². The minimum Gasteiger partial charge on any atom is -0.394 e. The molecule has 3 heterocycles. The maximum absolute atomic E-state index is 10.7. The van der Waals surface area contributed by atoms with Gasteiger partial charge in [-0.05, 0) is 0 Å². The zero-order valence-corrected chi connectivity index (χ0v) is 18.7. The molecule has 3 aliphatic heterocycles. The van der Waals surface area contributed by atoms with Crippen LogP contribution in [0.1, 0.15) is 0 Å². The summed E-state index contributed by atoms with van der Waals surface area (Å²) in [6.07, 6.45) is -23.6. The van der Waals surface area contributed by atoms with E-state index in [9.17, 15) is 51.1 Å². The molecule has 0 aromatic carbocycles. The van der Waals surface area contributed by atoms with E-state index in [1.165, 1.54) is 7.11 Å². The monoisotopic (exact) mass is 518 g/mol. The number of rotatable bonds is 8. The second kappa shape index (κ2) is 12.3. The molecule has 3 aliphatic rings. The van der Waals surface area contributed by atoms with Crippen LogP contribution in [-0.4, -0.2) is 170 Å². The third kappa shape index (κ3) is 5.93. The zero-order chi connectivity index (χ0) is 26.0. The molecule has 15 atom stereocenters. The Morgan fingerprint density at radius 2 is 1.03 bits per heavy atom. The molecule has 0 aromatic rings. The highest BCUT2D eigenvalue weighted by Gasteiger charge is 2.51. The van der Waals surface area contributed by atoms with Crippen molar-refractivity contribution in [2.45, 2.75) is 92.1 Å². The van der Waals surface area contributed by atoms with Crippen LogP contribution in [0.25, 0.3) is 0 Å². The molecule has 206 valence electrons. The van der Waals surface area contributed by atoms with Gasteiger partial charge < -0.3 is 79.5 Å². The molecule has 0 saturated carbocycles. The largest absolute Gasteiger partial charge is 0.394 e. The van der Waals surface area contributed by atoms with Crippen LogP contribution < -0.4 is 0 Å². The number of hydrogen-bond acceptors (Lipinski definition) is 16. The van der Waals surface area contributed by atoms with E-state index in [2.05, 4.69) is 0 Å². The molecule has 16 heteroatoms. The Bertz CT molecular complexity index is 652. The molecule has 0 spiro atoms. The Balaban J connectivity index is 1.69. The van der Waals surface area contributed by atoms with Gasteiger partial charge in [0.2, 0.25) is 0 Å². The summed E-state index contributed by atoms with van der Waals surface area (Å²) in [5.74, 6) is 0. The number of aliphatic hydroxyl groups is 10. The molecule has 10 N–H and O–H groups in total. The van der Waals surface area contributed by atoms with Crippen molar-refractivity contribution in [3.05, 3.63) is 0 Å². The van der Waals surface area contributed by atoms with Crippen LogP contribution in [-0.2, 0) is 28.4 Å². The number of methoxy groups -OCH3 is 1. The van der Waals surface area contributed by atoms with Crippen molar-refractivity contribution >= 4 is 0 Å². The summed E-state index contributed by atoms with van der Waals surface area (Å²) in [5.41, 5.74) is 0. The molecule has 0 aromatic heterocycles. The number of hydrogen-bond donors (Lipinski definition) is 10. The van der Waals surface area contributed by atoms with Crippen molar-refractivity contribution < 1.29 is 79.5 Å². The molecule has 0 bridgehead atoms. The fourth-order valence-corrected chi connectivity index (χ4v) is 4.13. The first-order valence-electron chi connectivity index (χ1n) is 11.0. The van der Waals surface area contributed by atoms with Gasteiger partial charge in [0, 0.05) is 7.11 Å². The van der Waals surface area contributed by atoms with Crippen LogP contribution in [0.2, 0.25) is 0 Å². The van der Waals surface area contributed by atoms with E-state index in [1.807, 2.05) is 0 Å². The molecule has 35 heavy (non-hydrogen) atoms. The van der Waals surface area contributed by atoms with Gasteiger partial charge in [-0.25, -0.2) is 0 Å². The summed E-state index contributed by atoms with van der Waals surface area (Å²) in [6, 6.07) is 0. The van der Waals surface area contributed by atoms with Gasteiger partial charge in [-0.15, -0.1) is 0 Å². The number of ether oxygens (including phenoxy) is 6. The molecule has 0 amide bonds. The van der Waals surface area contributed by atoms with E-state index in [-0.39, 0.29) is 0 Å². The van der Waals surface area contributed by atoms with Gasteiger partial charge in [0.25, 0.3) is 0 Å². The summed E-state index contributed by atoms with van der Waals surface area (Å²) < 4.78 is 31.7. The fraction of sp³-hybridized carbons (Fsp3) is 1.00. The van der Waals surface area contributed by atoms with E-state index >= 15 is 0 Å². The Morgan fingerprint density at radius 1 is 0.543 bits per heavy atom. The van der Waals surface area contributed by atoms with Gasteiger partial charge in [0.1, 0.15) is 73.2 Å². The van der Waals surface area contributed by atoms with Gasteiger partial charge in [0.05, 0.1) is 19.8 Å². The first-order chi connectivity index (χ1) is 16.5. The van der Waals surface area contributed by atoms with Crippen LogP contribution in [0.4, 0.5) is 0 Å². The summed E-state index contributed by atoms with van der Waals surface area (Å²) in [4.78, 5) is 0. The molecule has 3 rings (SSSR count).